The number of hydrogen-bond acceptors (Lipinski definition) is 4. The van der Waals surface area contributed by atoms with Crippen LogP contribution < -0.4 is 10.6 Å². The van der Waals surface area contributed by atoms with Gasteiger partial charge >= 0.3 is 6.18 Å². The summed E-state index contributed by atoms with van der Waals surface area (Å²) in [4.78, 5) is 5.25. The molecule has 3 N–H and O–H groups in total. The van der Waals surface area contributed by atoms with Crippen molar-refractivity contribution in [1.82, 2.24) is 4.98 Å². The lowest BCUT2D eigenvalue weighted by Crippen LogP contribution is -2.33. The Labute approximate surface area is 118 Å². The lowest BCUT2D eigenvalue weighted by Gasteiger charge is -2.23. The molecule has 0 aliphatic heterocycles. The van der Waals surface area contributed by atoms with Gasteiger partial charge < -0.3 is 15.8 Å². The van der Waals surface area contributed by atoms with Crippen molar-refractivity contribution in [2.24, 2.45) is 16.8 Å². The molecule has 0 bridgehead atoms. The Bertz CT molecular complexity index is 507. The van der Waals surface area contributed by atoms with Crippen molar-refractivity contribution in [1.29, 1.82) is 0 Å². The molecule has 0 saturated heterocycles. The molecule has 0 saturated carbocycles. The molecule has 0 amide bonds. The van der Waals surface area contributed by atoms with Gasteiger partial charge in [0.1, 0.15) is 11.7 Å². The molecule has 0 radical (unpaired) electrons. The number of halogens is 4. The minimum atomic E-state index is -4.49. The number of nitrogens with zero attached hydrogens (tertiary/aromatic N) is 3. The van der Waals surface area contributed by atoms with Gasteiger partial charge in [0.25, 0.3) is 0 Å². The largest absolute Gasteiger partial charge is 0.417 e. The van der Waals surface area contributed by atoms with E-state index < -0.39 is 11.7 Å². The maximum Gasteiger partial charge on any atom is 0.417 e. The van der Waals surface area contributed by atoms with Crippen molar-refractivity contribution in [2.75, 3.05) is 18.5 Å². The van der Waals surface area contributed by atoms with E-state index in [-0.39, 0.29) is 29.1 Å². The summed E-state index contributed by atoms with van der Waals surface area (Å²) in [6.45, 7) is 1.98. The van der Waals surface area contributed by atoms with E-state index in [4.69, 9.17) is 22.5 Å². The fourth-order valence-electron chi connectivity index (χ4n) is 1.56. The Hall–Kier alpha value is -1.70. The first kappa shape index (κ1) is 16.4. The van der Waals surface area contributed by atoms with Crippen LogP contribution in [0.5, 0.6) is 0 Å². The molecule has 1 heterocycles. The topological polar surface area (TPSA) is 74.7 Å². The number of hydrogen-bond donors (Lipinski definition) is 2. The number of aromatic nitrogens is 1. The molecule has 9 heteroatoms. The molecule has 5 nitrogen and oxygen atoms in total. The first-order valence-electron chi connectivity index (χ1n) is 5.58. The number of rotatable bonds is 4. The first-order chi connectivity index (χ1) is 9.16. The number of pyridine rings is 1. The molecule has 20 heavy (non-hydrogen) atoms. The van der Waals surface area contributed by atoms with E-state index in [1.54, 1.807) is 14.0 Å². The lowest BCUT2D eigenvalue weighted by molar-refractivity contribution is -0.137. The highest BCUT2D eigenvalue weighted by Crippen LogP contribution is 2.33. The molecule has 1 unspecified atom stereocenters. The summed E-state index contributed by atoms with van der Waals surface area (Å²) < 4.78 is 37.5. The van der Waals surface area contributed by atoms with Crippen molar-refractivity contribution in [3.8, 4) is 0 Å². The van der Waals surface area contributed by atoms with Gasteiger partial charge in [0.05, 0.1) is 10.6 Å². The zero-order chi connectivity index (χ0) is 15.5. The standard InChI is InChI=1S/C11H14ClF3N4O/c1-6(9(16)18-20)5-19(2)10-8(12)3-7(4-17-10)11(13,14)15/h3-4,6,20H,5H2,1-2H3,(H2,16,18). The van der Waals surface area contributed by atoms with E-state index in [0.717, 1.165) is 6.07 Å². The molecule has 1 aromatic heterocycles. The highest BCUT2D eigenvalue weighted by Gasteiger charge is 2.32. The molecular formula is C11H14ClF3N4O. The van der Waals surface area contributed by atoms with Crippen LogP contribution in [0.2, 0.25) is 5.02 Å². The van der Waals surface area contributed by atoms with Crippen molar-refractivity contribution >= 4 is 23.3 Å². The maximum absolute atomic E-state index is 12.5. The summed E-state index contributed by atoms with van der Waals surface area (Å²) in [5.74, 6) is -0.109. The summed E-state index contributed by atoms with van der Waals surface area (Å²) in [5, 5.41) is 11.3. The first-order valence-corrected chi connectivity index (χ1v) is 5.96. The van der Waals surface area contributed by atoms with Crippen LogP contribution in [0.15, 0.2) is 17.4 Å². The lowest BCUT2D eigenvalue weighted by atomic mass is 10.1. The van der Waals surface area contributed by atoms with Crippen LogP contribution in [-0.2, 0) is 6.18 Å². The van der Waals surface area contributed by atoms with Crippen LogP contribution in [0.4, 0.5) is 19.0 Å². The van der Waals surface area contributed by atoms with Crippen LogP contribution >= 0.6 is 11.6 Å². The van der Waals surface area contributed by atoms with E-state index in [2.05, 4.69) is 10.1 Å². The summed E-state index contributed by atoms with van der Waals surface area (Å²) in [6, 6.07) is 0.814. The van der Waals surface area contributed by atoms with Gasteiger partial charge in [-0.2, -0.15) is 13.2 Å². The van der Waals surface area contributed by atoms with E-state index >= 15 is 0 Å². The Balaban J connectivity index is 2.92. The predicted molar refractivity (Wildman–Crippen MR) is 70.1 cm³/mol. The second kappa shape index (κ2) is 6.17. The van der Waals surface area contributed by atoms with Gasteiger partial charge in [-0.15, -0.1) is 0 Å². The summed E-state index contributed by atoms with van der Waals surface area (Å²) in [7, 11) is 1.60. The van der Waals surface area contributed by atoms with Crippen molar-refractivity contribution in [3.05, 3.63) is 22.8 Å². The van der Waals surface area contributed by atoms with Crippen LogP contribution in [0.25, 0.3) is 0 Å². The zero-order valence-corrected chi connectivity index (χ0v) is 11.6. The number of oxime groups is 1. The monoisotopic (exact) mass is 310 g/mol. The minimum absolute atomic E-state index is 0.0138. The normalized spacial score (nSPS) is 14.2. The van der Waals surface area contributed by atoms with Crippen molar-refractivity contribution in [2.45, 2.75) is 13.1 Å². The summed E-state index contributed by atoms with van der Waals surface area (Å²) >= 11 is 5.81. The molecule has 112 valence electrons. The highest BCUT2D eigenvalue weighted by atomic mass is 35.5. The quantitative estimate of drug-likeness (QED) is 0.388. The predicted octanol–water partition coefficient (Wildman–Crippen LogP) is 2.57. The van der Waals surface area contributed by atoms with Crippen molar-refractivity contribution in [3.63, 3.8) is 0 Å². The molecule has 0 spiro atoms. The molecule has 0 aliphatic carbocycles. The Morgan fingerprint density at radius 1 is 1.60 bits per heavy atom. The third-order valence-corrected chi connectivity index (χ3v) is 2.96. The van der Waals surface area contributed by atoms with Gasteiger partial charge in [0, 0.05) is 25.7 Å². The Morgan fingerprint density at radius 3 is 2.65 bits per heavy atom. The number of nitrogens with two attached hydrogens (primary N) is 1. The van der Waals surface area contributed by atoms with Gasteiger partial charge in [-0.05, 0) is 6.07 Å². The second-order valence-electron chi connectivity index (χ2n) is 4.33. The smallest absolute Gasteiger partial charge is 0.409 e. The zero-order valence-electron chi connectivity index (χ0n) is 10.8. The minimum Gasteiger partial charge on any atom is -0.409 e. The average Bonchev–Trinajstić information content (AvgIpc) is 2.36. The molecular weight excluding hydrogens is 297 g/mol. The molecule has 1 aromatic rings. The molecule has 1 rings (SSSR count). The van der Waals surface area contributed by atoms with Crippen LogP contribution in [0, 0.1) is 5.92 Å². The SMILES string of the molecule is CC(CN(C)c1ncc(C(F)(F)F)cc1Cl)C(N)=NO. The molecule has 1 atom stereocenters. The van der Waals surface area contributed by atoms with E-state index in [1.807, 2.05) is 0 Å². The summed E-state index contributed by atoms with van der Waals surface area (Å²) in [6.07, 6.45) is -3.78. The van der Waals surface area contributed by atoms with Gasteiger partial charge in [-0.1, -0.05) is 23.7 Å². The van der Waals surface area contributed by atoms with Gasteiger partial charge in [-0.3, -0.25) is 0 Å². The van der Waals surface area contributed by atoms with Crippen LogP contribution in [0.3, 0.4) is 0 Å². The highest BCUT2D eigenvalue weighted by molar-refractivity contribution is 6.33. The molecule has 0 aliphatic rings. The fourth-order valence-corrected chi connectivity index (χ4v) is 1.87. The van der Waals surface area contributed by atoms with E-state index in [0.29, 0.717) is 6.20 Å². The van der Waals surface area contributed by atoms with Crippen molar-refractivity contribution < 1.29 is 18.4 Å². The molecule has 0 aromatic carbocycles. The third kappa shape index (κ3) is 3.89. The Kier molecular flexibility index (Phi) is 5.04. The van der Waals surface area contributed by atoms with Crippen LogP contribution in [-0.4, -0.2) is 29.6 Å². The van der Waals surface area contributed by atoms with E-state index in [1.165, 1.54) is 4.90 Å². The third-order valence-electron chi connectivity index (χ3n) is 2.68. The summed E-state index contributed by atoms with van der Waals surface area (Å²) in [5.41, 5.74) is 4.52. The number of anilines is 1. The van der Waals surface area contributed by atoms with E-state index in [9.17, 15) is 13.2 Å². The fraction of sp³-hybridized carbons (Fsp3) is 0.455. The number of amidine groups is 1. The maximum atomic E-state index is 12.5. The van der Waals surface area contributed by atoms with Gasteiger partial charge in [-0.25, -0.2) is 4.98 Å². The average molecular weight is 311 g/mol. The number of alkyl halides is 3. The van der Waals surface area contributed by atoms with Crippen LogP contribution in [0.1, 0.15) is 12.5 Å². The van der Waals surface area contributed by atoms with Gasteiger partial charge in [0.2, 0.25) is 0 Å². The Morgan fingerprint density at radius 2 is 2.20 bits per heavy atom. The molecule has 0 fully saturated rings. The van der Waals surface area contributed by atoms with Gasteiger partial charge in [0.15, 0.2) is 0 Å². The second-order valence-corrected chi connectivity index (χ2v) is 4.74.